The Kier molecular flexibility index (Phi) is 5.35. The molecule has 0 aliphatic carbocycles. The summed E-state index contributed by atoms with van der Waals surface area (Å²) in [5, 5.41) is 0.919. The Morgan fingerprint density at radius 2 is 1.85 bits per heavy atom. The molecule has 0 bridgehead atoms. The van der Waals surface area contributed by atoms with Gasteiger partial charge < -0.3 is 10.5 Å². The van der Waals surface area contributed by atoms with Crippen molar-refractivity contribution < 1.29 is 4.74 Å². The highest BCUT2D eigenvalue weighted by Crippen LogP contribution is 2.38. The Hall–Kier alpha value is -1.16. The zero-order valence-corrected chi connectivity index (χ0v) is 13.1. The molecule has 0 aromatic heterocycles. The molecular weight excluding hydrogens is 290 g/mol. The van der Waals surface area contributed by atoms with E-state index < -0.39 is 0 Å². The molecule has 2 atom stereocenters. The highest BCUT2D eigenvalue weighted by atomic mass is 35.5. The molecule has 0 radical (unpaired) electrons. The van der Waals surface area contributed by atoms with Crippen molar-refractivity contribution in [2.24, 2.45) is 5.73 Å². The fourth-order valence-corrected chi connectivity index (χ4v) is 3.22. The highest BCUT2D eigenvalue weighted by molar-refractivity contribution is 7.99. The van der Waals surface area contributed by atoms with Gasteiger partial charge in [-0.15, -0.1) is 11.8 Å². The van der Waals surface area contributed by atoms with Crippen molar-refractivity contribution >= 4 is 23.4 Å². The van der Waals surface area contributed by atoms with Crippen molar-refractivity contribution in [2.75, 3.05) is 7.11 Å². The zero-order valence-electron chi connectivity index (χ0n) is 11.5. The summed E-state index contributed by atoms with van der Waals surface area (Å²) in [6, 6.07) is 15.9. The Bertz CT molecular complexity index is 557. The summed E-state index contributed by atoms with van der Waals surface area (Å²) < 4.78 is 5.26. The fraction of sp³-hybridized carbons (Fsp3) is 0.250. The average molecular weight is 308 g/mol. The molecule has 2 nitrogen and oxygen atoms in total. The quantitative estimate of drug-likeness (QED) is 0.824. The van der Waals surface area contributed by atoms with Crippen LogP contribution in [0.5, 0.6) is 5.75 Å². The number of thioether (sulfide) groups is 1. The minimum Gasteiger partial charge on any atom is -0.497 e. The number of nitrogens with two attached hydrogens (primary N) is 1. The first-order chi connectivity index (χ1) is 9.60. The minimum atomic E-state index is 0.0346. The van der Waals surface area contributed by atoms with Gasteiger partial charge in [-0.25, -0.2) is 0 Å². The van der Waals surface area contributed by atoms with Crippen LogP contribution < -0.4 is 10.5 Å². The monoisotopic (exact) mass is 307 g/mol. The van der Waals surface area contributed by atoms with Gasteiger partial charge in [0.1, 0.15) is 5.75 Å². The van der Waals surface area contributed by atoms with Crippen LogP contribution in [0.25, 0.3) is 0 Å². The highest BCUT2D eigenvalue weighted by Gasteiger charge is 2.18. The van der Waals surface area contributed by atoms with Gasteiger partial charge in [0.05, 0.1) is 7.11 Å². The third-order valence-corrected chi connectivity index (χ3v) is 4.71. The molecule has 2 rings (SSSR count). The molecule has 20 heavy (non-hydrogen) atoms. The van der Waals surface area contributed by atoms with Crippen LogP contribution in [-0.2, 0) is 0 Å². The summed E-state index contributed by atoms with van der Waals surface area (Å²) in [7, 11) is 1.67. The first-order valence-corrected chi connectivity index (χ1v) is 7.67. The largest absolute Gasteiger partial charge is 0.497 e. The average Bonchev–Trinajstić information content (AvgIpc) is 2.46. The number of methoxy groups -OCH3 is 1. The van der Waals surface area contributed by atoms with E-state index >= 15 is 0 Å². The second-order valence-corrected chi connectivity index (χ2v) is 6.28. The summed E-state index contributed by atoms with van der Waals surface area (Å²) >= 11 is 7.68. The van der Waals surface area contributed by atoms with Gasteiger partial charge in [0.25, 0.3) is 0 Å². The van der Waals surface area contributed by atoms with E-state index in [0.29, 0.717) is 0 Å². The molecule has 4 heteroatoms. The molecule has 0 aliphatic rings. The van der Waals surface area contributed by atoms with Crippen molar-refractivity contribution in [3.8, 4) is 5.75 Å². The van der Waals surface area contributed by atoms with Crippen LogP contribution >= 0.6 is 23.4 Å². The molecule has 2 aromatic rings. The van der Waals surface area contributed by atoms with Crippen molar-refractivity contribution in [3.05, 3.63) is 59.1 Å². The first-order valence-electron chi connectivity index (χ1n) is 6.42. The summed E-state index contributed by atoms with van der Waals surface area (Å²) in [6.07, 6.45) is 0. The van der Waals surface area contributed by atoms with E-state index in [2.05, 4.69) is 6.07 Å². The maximum Gasteiger partial charge on any atom is 0.119 e. The fourth-order valence-electron chi connectivity index (χ4n) is 1.95. The molecule has 0 saturated carbocycles. The van der Waals surface area contributed by atoms with Crippen LogP contribution in [0, 0.1) is 0 Å². The van der Waals surface area contributed by atoms with Crippen LogP contribution in [0.4, 0.5) is 0 Å². The van der Waals surface area contributed by atoms with Gasteiger partial charge in [-0.1, -0.05) is 29.8 Å². The van der Waals surface area contributed by atoms with Crippen LogP contribution in [0.1, 0.15) is 17.7 Å². The van der Waals surface area contributed by atoms with E-state index in [0.717, 1.165) is 15.7 Å². The standard InChI is InChI=1S/C16H18ClNOS/c1-11(18)16(12-6-8-13(17)9-7-12)20-15-5-3-4-14(10-15)19-2/h3-11,16H,18H2,1-2H3. The lowest BCUT2D eigenvalue weighted by Gasteiger charge is -2.21. The molecular formula is C16H18ClNOS. The van der Waals surface area contributed by atoms with Crippen molar-refractivity contribution in [1.29, 1.82) is 0 Å². The van der Waals surface area contributed by atoms with Crippen LogP contribution in [0.3, 0.4) is 0 Å². The molecule has 0 heterocycles. The second kappa shape index (κ2) is 7.02. The van der Waals surface area contributed by atoms with Crippen molar-refractivity contribution in [1.82, 2.24) is 0 Å². The van der Waals surface area contributed by atoms with E-state index in [4.69, 9.17) is 22.1 Å². The van der Waals surface area contributed by atoms with E-state index in [1.54, 1.807) is 18.9 Å². The number of rotatable bonds is 5. The Morgan fingerprint density at radius 1 is 1.15 bits per heavy atom. The maximum absolute atomic E-state index is 6.14. The third-order valence-electron chi connectivity index (χ3n) is 2.98. The lowest BCUT2D eigenvalue weighted by Crippen LogP contribution is -2.22. The molecule has 0 saturated heterocycles. The van der Waals surface area contributed by atoms with Gasteiger partial charge in [-0.2, -0.15) is 0 Å². The molecule has 2 aromatic carbocycles. The predicted octanol–water partition coefficient (Wildman–Crippen LogP) is 4.53. The molecule has 106 valence electrons. The molecule has 2 N–H and O–H groups in total. The number of ether oxygens (including phenoxy) is 1. The number of hydrogen-bond donors (Lipinski definition) is 1. The van der Waals surface area contributed by atoms with E-state index in [1.165, 1.54) is 5.56 Å². The normalized spacial score (nSPS) is 13.8. The van der Waals surface area contributed by atoms with Gasteiger partial charge in [-0.05, 0) is 42.8 Å². The molecule has 0 amide bonds. The summed E-state index contributed by atoms with van der Waals surface area (Å²) in [5.74, 6) is 0.856. The van der Waals surface area contributed by atoms with Gasteiger partial charge in [0.2, 0.25) is 0 Å². The Balaban J connectivity index is 2.23. The van der Waals surface area contributed by atoms with E-state index in [-0.39, 0.29) is 11.3 Å². The molecule has 0 aliphatic heterocycles. The van der Waals surface area contributed by atoms with Crippen molar-refractivity contribution in [3.63, 3.8) is 0 Å². The van der Waals surface area contributed by atoms with Crippen molar-refractivity contribution in [2.45, 2.75) is 23.1 Å². The summed E-state index contributed by atoms with van der Waals surface area (Å²) in [4.78, 5) is 1.14. The Morgan fingerprint density at radius 3 is 2.45 bits per heavy atom. The number of hydrogen-bond acceptors (Lipinski definition) is 3. The summed E-state index contributed by atoms with van der Waals surface area (Å²) in [6.45, 7) is 2.02. The van der Waals surface area contributed by atoms with Crippen LogP contribution in [0.15, 0.2) is 53.4 Å². The third kappa shape index (κ3) is 3.92. The molecule has 0 fully saturated rings. The van der Waals surface area contributed by atoms with Crippen LogP contribution in [-0.4, -0.2) is 13.2 Å². The van der Waals surface area contributed by atoms with E-state index in [1.807, 2.05) is 49.4 Å². The number of benzene rings is 2. The van der Waals surface area contributed by atoms with E-state index in [9.17, 15) is 0 Å². The second-order valence-electron chi connectivity index (χ2n) is 4.63. The van der Waals surface area contributed by atoms with Gasteiger partial charge >= 0.3 is 0 Å². The zero-order chi connectivity index (χ0) is 14.5. The SMILES string of the molecule is COc1cccc(SC(c2ccc(Cl)cc2)C(C)N)c1. The Labute approximate surface area is 129 Å². The van der Waals surface area contributed by atoms with Gasteiger partial charge in [0, 0.05) is 21.2 Å². The molecule has 0 spiro atoms. The van der Waals surface area contributed by atoms with Gasteiger partial charge in [-0.3, -0.25) is 0 Å². The van der Waals surface area contributed by atoms with Gasteiger partial charge in [0.15, 0.2) is 0 Å². The van der Waals surface area contributed by atoms with Crippen LogP contribution in [0.2, 0.25) is 5.02 Å². The lowest BCUT2D eigenvalue weighted by atomic mass is 10.1. The first kappa shape index (κ1) is 15.2. The predicted molar refractivity (Wildman–Crippen MR) is 86.7 cm³/mol. The summed E-state index contributed by atoms with van der Waals surface area (Å²) in [5.41, 5.74) is 7.32. The smallest absolute Gasteiger partial charge is 0.119 e. The minimum absolute atomic E-state index is 0.0346. The lowest BCUT2D eigenvalue weighted by molar-refractivity contribution is 0.413. The topological polar surface area (TPSA) is 35.2 Å². The maximum atomic E-state index is 6.14. The molecule has 2 unspecified atom stereocenters. The number of halogens is 1.